The van der Waals surface area contributed by atoms with Crippen molar-refractivity contribution in [2.75, 3.05) is 22.9 Å². The van der Waals surface area contributed by atoms with Crippen LogP contribution in [0.2, 0.25) is 0 Å². The van der Waals surface area contributed by atoms with Gasteiger partial charge in [-0.1, -0.05) is 66.7 Å². The molecule has 8 N–H and O–H groups in total. The Balaban J connectivity index is 2.05. The zero-order valence-corrected chi connectivity index (χ0v) is 15.4. The molecular weight excluding hydrogens is 344 g/mol. The molecule has 138 valence electrons. The molecule has 0 amide bonds. The number of hydrogen-bond acceptors (Lipinski definition) is 4. The molecule has 4 aromatic rings. The Morgan fingerprint density at radius 2 is 0.964 bits per heavy atom. The second kappa shape index (κ2) is 7.00. The van der Waals surface area contributed by atoms with Crippen LogP contribution in [0.1, 0.15) is 0 Å². The van der Waals surface area contributed by atoms with Gasteiger partial charge in [-0.2, -0.15) is 0 Å². The Hall–Kier alpha value is -3.92. The maximum absolute atomic E-state index is 6.63. The normalized spacial score (nSPS) is 10.7. The first-order chi connectivity index (χ1) is 13.6. The summed E-state index contributed by atoms with van der Waals surface area (Å²) in [7, 11) is 0. The van der Waals surface area contributed by atoms with E-state index in [2.05, 4.69) is 0 Å². The van der Waals surface area contributed by atoms with Crippen LogP contribution < -0.4 is 22.9 Å². The van der Waals surface area contributed by atoms with Gasteiger partial charge in [0.2, 0.25) is 0 Å². The third kappa shape index (κ3) is 3.01. The van der Waals surface area contributed by atoms with E-state index in [0.29, 0.717) is 22.7 Å². The number of hydrogen-bond donors (Lipinski definition) is 4. The SMILES string of the molecule is Nc1ccc(-c2cc(-c3ccccc3)c(N)c(-c3ccccc3)c2N)cc1N. The lowest BCUT2D eigenvalue weighted by Crippen LogP contribution is -2.02. The lowest BCUT2D eigenvalue weighted by atomic mass is 9.89. The first-order valence-electron chi connectivity index (χ1n) is 9.04. The maximum Gasteiger partial charge on any atom is 0.0554 e. The molecule has 4 nitrogen and oxygen atoms in total. The van der Waals surface area contributed by atoms with Crippen molar-refractivity contribution in [3.05, 3.63) is 84.9 Å². The molecule has 0 aliphatic heterocycles. The van der Waals surface area contributed by atoms with E-state index in [-0.39, 0.29) is 0 Å². The summed E-state index contributed by atoms with van der Waals surface area (Å²) < 4.78 is 0. The summed E-state index contributed by atoms with van der Waals surface area (Å²) in [5, 5.41) is 0. The first-order valence-corrected chi connectivity index (χ1v) is 9.04. The van der Waals surface area contributed by atoms with Gasteiger partial charge in [-0.05, 0) is 34.9 Å². The van der Waals surface area contributed by atoms with Crippen LogP contribution in [0, 0.1) is 0 Å². The third-order valence-corrected chi connectivity index (χ3v) is 4.95. The minimum Gasteiger partial charge on any atom is -0.398 e. The molecule has 0 saturated heterocycles. The monoisotopic (exact) mass is 366 g/mol. The number of rotatable bonds is 3. The molecule has 4 aromatic carbocycles. The van der Waals surface area contributed by atoms with Crippen molar-refractivity contribution in [1.82, 2.24) is 0 Å². The lowest BCUT2D eigenvalue weighted by molar-refractivity contribution is 1.55. The van der Waals surface area contributed by atoms with Gasteiger partial charge in [0.25, 0.3) is 0 Å². The van der Waals surface area contributed by atoms with E-state index in [1.807, 2.05) is 78.9 Å². The first kappa shape index (κ1) is 17.5. The van der Waals surface area contributed by atoms with E-state index >= 15 is 0 Å². The van der Waals surface area contributed by atoms with Crippen LogP contribution in [0.5, 0.6) is 0 Å². The number of anilines is 4. The Kier molecular flexibility index (Phi) is 4.38. The van der Waals surface area contributed by atoms with Gasteiger partial charge in [-0.3, -0.25) is 0 Å². The molecule has 28 heavy (non-hydrogen) atoms. The number of nitrogens with two attached hydrogens (primary N) is 4. The smallest absolute Gasteiger partial charge is 0.0554 e. The van der Waals surface area contributed by atoms with Crippen molar-refractivity contribution in [3.63, 3.8) is 0 Å². The minimum atomic E-state index is 0.524. The fraction of sp³-hybridized carbons (Fsp3) is 0. The minimum absolute atomic E-state index is 0.524. The number of nitrogen functional groups attached to an aromatic ring is 4. The maximum atomic E-state index is 6.63. The Morgan fingerprint density at radius 3 is 1.54 bits per heavy atom. The quantitative estimate of drug-likeness (QED) is 0.382. The van der Waals surface area contributed by atoms with Crippen LogP contribution in [-0.2, 0) is 0 Å². The molecule has 4 heteroatoms. The van der Waals surface area contributed by atoms with E-state index < -0.39 is 0 Å². The van der Waals surface area contributed by atoms with Crippen molar-refractivity contribution in [2.24, 2.45) is 0 Å². The highest BCUT2D eigenvalue weighted by Crippen LogP contribution is 2.45. The molecule has 0 aromatic heterocycles. The molecule has 0 saturated carbocycles. The van der Waals surface area contributed by atoms with Gasteiger partial charge in [0.1, 0.15) is 0 Å². The van der Waals surface area contributed by atoms with Gasteiger partial charge in [0.05, 0.1) is 11.4 Å². The Bertz CT molecular complexity index is 1140. The van der Waals surface area contributed by atoms with Crippen LogP contribution >= 0.6 is 0 Å². The highest BCUT2D eigenvalue weighted by molar-refractivity contribution is 6.02. The average Bonchev–Trinajstić information content (AvgIpc) is 2.72. The Labute approximate surface area is 164 Å². The fourth-order valence-electron chi connectivity index (χ4n) is 3.47. The molecule has 0 aliphatic rings. The predicted octanol–water partition coefficient (Wildman–Crippen LogP) is 5.02. The highest BCUT2D eigenvalue weighted by atomic mass is 14.7. The zero-order valence-electron chi connectivity index (χ0n) is 15.4. The standard InChI is InChI=1S/C24H22N4/c25-20-12-11-17(13-21(20)26)19-14-18(15-7-3-1-4-8-15)23(27)22(24(19)28)16-9-5-2-6-10-16/h1-14H,25-28H2. The zero-order chi connectivity index (χ0) is 19.7. The van der Waals surface area contributed by atoms with Crippen LogP contribution in [-0.4, -0.2) is 0 Å². The van der Waals surface area contributed by atoms with Crippen molar-refractivity contribution in [3.8, 4) is 33.4 Å². The largest absolute Gasteiger partial charge is 0.398 e. The molecule has 0 spiro atoms. The van der Waals surface area contributed by atoms with E-state index in [1.165, 1.54) is 0 Å². The highest BCUT2D eigenvalue weighted by Gasteiger charge is 2.18. The van der Waals surface area contributed by atoms with Crippen LogP contribution in [0.3, 0.4) is 0 Å². The predicted molar refractivity (Wildman–Crippen MR) is 120 cm³/mol. The van der Waals surface area contributed by atoms with Gasteiger partial charge >= 0.3 is 0 Å². The summed E-state index contributed by atoms with van der Waals surface area (Å²) in [6.45, 7) is 0. The van der Waals surface area contributed by atoms with Crippen LogP contribution in [0.25, 0.3) is 33.4 Å². The number of benzene rings is 4. The van der Waals surface area contributed by atoms with Crippen molar-refractivity contribution in [2.45, 2.75) is 0 Å². The summed E-state index contributed by atoms with van der Waals surface area (Å²) in [6.07, 6.45) is 0. The van der Waals surface area contributed by atoms with Crippen molar-refractivity contribution in [1.29, 1.82) is 0 Å². The fourth-order valence-corrected chi connectivity index (χ4v) is 3.47. The van der Waals surface area contributed by atoms with Crippen molar-refractivity contribution < 1.29 is 0 Å². The van der Waals surface area contributed by atoms with Crippen molar-refractivity contribution >= 4 is 22.7 Å². The molecule has 0 unspecified atom stereocenters. The van der Waals surface area contributed by atoms with E-state index in [1.54, 1.807) is 6.07 Å². The molecule has 0 bridgehead atoms. The van der Waals surface area contributed by atoms with Gasteiger partial charge in [-0.25, -0.2) is 0 Å². The summed E-state index contributed by atoms with van der Waals surface area (Å²) >= 11 is 0. The summed E-state index contributed by atoms with van der Waals surface area (Å²) in [4.78, 5) is 0. The second-order valence-corrected chi connectivity index (χ2v) is 6.75. The van der Waals surface area contributed by atoms with Gasteiger partial charge in [0, 0.05) is 28.1 Å². The molecule has 0 heterocycles. The molecule has 4 rings (SSSR count). The summed E-state index contributed by atoms with van der Waals surface area (Å²) in [6, 6.07) is 27.6. The molecule has 0 atom stereocenters. The topological polar surface area (TPSA) is 104 Å². The van der Waals surface area contributed by atoms with Gasteiger partial charge < -0.3 is 22.9 Å². The van der Waals surface area contributed by atoms with Gasteiger partial charge in [-0.15, -0.1) is 0 Å². The average molecular weight is 366 g/mol. The Morgan fingerprint density at radius 1 is 0.429 bits per heavy atom. The summed E-state index contributed by atoms with van der Waals surface area (Å²) in [5.74, 6) is 0. The lowest BCUT2D eigenvalue weighted by Gasteiger charge is -2.19. The van der Waals surface area contributed by atoms with E-state index in [9.17, 15) is 0 Å². The van der Waals surface area contributed by atoms with E-state index in [0.717, 1.165) is 33.4 Å². The summed E-state index contributed by atoms with van der Waals surface area (Å²) in [5.41, 5.74) is 33.1. The van der Waals surface area contributed by atoms with Crippen LogP contribution in [0.15, 0.2) is 84.9 Å². The molecular formula is C24H22N4. The molecule has 0 fully saturated rings. The third-order valence-electron chi connectivity index (χ3n) is 4.95. The molecule has 0 radical (unpaired) electrons. The van der Waals surface area contributed by atoms with E-state index in [4.69, 9.17) is 22.9 Å². The van der Waals surface area contributed by atoms with Gasteiger partial charge in [0.15, 0.2) is 0 Å². The second-order valence-electron chi connectivity index (χ2n) is 6.75. The molecule has 0 aliphatic carbocycles. The van der Waals surface area contributed by atoms with Crippen LogP contribution in [0.4, 0.5) is 22.7 Å².